The third-order valence-corrected chi connectivity index (χ3v) is 6.79. The SMILES string of the molecule is CC1(c2ccc(Cl)cc2)NC(=O)N(CC(=O)Nc2ccccc2SCc2ccccc2)C1=O. The molecule has 1 aliphatic heterocycles. The van der Waals surface area contributed by atoms with Crippen molar-refractivity contribution in [3.05, 3.63) is 95.0 Å². The fraction of sp³-hybridized carbons (Fsp3) is 0.160. The molecule has 3 aromatic rings. The molecule has 0 aromatic heterocycles. The number of para-hydroxylation sites is 1. The van der Waals surface area contributed by atoms with Crippen LogP contribution in [0, 0.1) is 0 Å². The fourth-order valence-corrected chi connectivity index (χ4v) is 4.67. The summed E-state index contributed by atoms with van der Waals surface area (Å²) in [6.07, 6.45) is 0. The molecular weight excluding hydrogens is 458 g/mol. The fourth-order valence-electron chi connectivity index (χ4n) is 3.58. The van der Waals surface area contributed by atoms with E-state index >= 15 is 0 Å². The van der Waals surface area contributed by atoms with E-state index < -0.39 is 23.4 Å². The van der Waals surface area contributed by atoms with Crippen LogP contribution in [0.3, 0.4) is 0 Å². The summed E-state index contributed by atoms with van der Waals surface area (Å²) in [7, 11) is 0. The second-order valence-corrected chi connectivity index (χ2v) is 9.23. The first-order valence-corrected chi connectivity index (χ1v) is 11.7. The summed E-state index contributed by atoms with van der Waals surface area (Å²) < 4.78 is 0. The van der Waals surface area contributed by atoms with Gasteiger partial charge in [-0.2, -0.15) is 0 Å². The summed E-state index contributed by atoms with van der Waals surface area (Å²) in [6, 6.07) is 23.5. The Kier molecular flexibility index (Phi) is 6.72. The van der Waals surface area contributed by atoms with E-state index in [1.54, 1.807) is 49.0 Å². The molecular formula is C25H22ClN3O3S. The third-order valence-electron chi connectivity index (χ3n) is 5.40. The zero-order chi connectivity index (χ0) is 23.4. The molecule has 4 amide bonds. The number of hydrogen-bond donors (Lipinski definition) is 2. The lowest BCUT2D eigenvalue weighted by Crippen LogP contribution is -2.42. The summed E-state index contributed by atoms with van der Waals surface area (Å²) in [5.41, 5.74) is 1.14. The molecule has 1 fully saturated rings. The van der Waals surface area contributed by atoms with E-state index in [0.29, 0.717) is 16.3 Å². The Morgan fingerprint density at radius 1 is 1.00 bits per heavy atom. The van der Waals surface area contributed by atoms with E-state index in [1.807, 2.05) is 48.5 Å². The zero-order valence-electron chi connectivity index (χ0n) is 17.9. The minimum absolute atomic E-state index is 0.383. The van der Waals surface area contributed by atoms with E-state index in [0.717, 1.165) is 15.5 Å². The number of rotatable bonds is 7. The van der Waals surface area contributed by atoms with Crippen LogP contribution in [0.2, 0.25) is 5.02 Å². The minimum Gasteiger partial charge on any atom is -0.324 e. The standard InChI is InChI=1S/C25H22ClN3O3S/c1-25(18-11-13-19(26)14-12-18)23(31)29(24(32)28-25)15-22(30)27-20-9-5-6-10-21(20)33-16-17-7-3-2-4-8-17/h2-14H,15-16H2,1H3,(H,27,30)(H,28,32). The number of nitrogens with one attached hydrogen (secondary N) is 2. The van der Waals surface area contributed by atoms with Crippen LogP contribution in [-0.2, 0) is 20.9 Å². The van der Waals surface area contributed by atoms with Gasteiger partial charge in [-0.15, -0.1) is 11.8 Å². The predicted octanol–water partition coefficient (Wildman–Crippen LogP) is 5.04. The Morgan fingerprint density at radius 2 is 1.67 bits per heavy atom. The molecule has 8 heteroatoms. The molecule has 6 nitrogen and oxygen atoms in total. The highest BCUT2D eigenvalue weighted by Gasteiger charge is 2.49. The van der Waals surface area contributed by atoms with Gasteiger partial charge in [-0.1, -0.05) is 66.2 Å². The van der Waals surface area contributed by atoms with Gasteiger partial charge >= 0.3 is 6.03 Å². The zero-order valence-corrected chi connectivity index (χ0v) is 19.5. The molecule has 3 aromatic carbocycles. The molecule has 1 unspecified atom stereocenters. The highest BCUT2D eigenvalue weighted by Crippen LogP contribution is 2.31. The Morgan fingerprint density at radius 3 is 2.39 bits per heavy atom. The lowest BCUT2D eigenvalue weighted by molar-refractivity contribution is -0.133. The number of hydrogen-bond acceptors (Lipinski definition) is 4. The number of carbonyl (C=O) groups is 3. The van der Waals surface area contributed by atoms with Gasteiger partial charge in [0, 0.05) is 15.7 Å². The van der Waals surface area contributed by atoms with Crippen LogP contribution in [0.4, 0.5) is 10.5 Å². The number of nitrogens with zero attached hydrogens (tertiary/aromatic N) is 1. The van der Waals surface area contributed by atoms with Crippen molar-refractivity contribution in [2.75, 3.05) is 11.9 Å². The number of anilines is 1. The van der Waals surface area contributed by atoms with Crippen LogP contribution < -0.4 is 10.6 Å². The minimum atomic E-state index is -1.26. The number of carbonyl (C=O) groups excluding carboxylic acids is 3. The smallest absolute Gasteiger partial charge is 0.324 e. The molecule has 4 rings (SSSR count). The van der Waals surface area contributed by atoms with Gasteiger partial charge in [-0.05, 0) is 42.3 Å². The first-order chi connectivity index (χ1) is 15.9. The van der Waals surface area contributed by atoms with E-state index in [2.05, 4.69) is 10.6 Å². The van der Waals surface area contributed by atoms with Crippen LogP contribution in [0.25, 0.3) is 0 Å². The number of urea groups is 1. The molecule has 1 aliphatic rings. The van der Waals surface area contributed by atoms with Crippen molar-refractivity contribution in [3.8, 4) is 0 Å². The monoisotopic (exact) mass is 479 g/mol. The van der Waals surface area contributed by atoms with Crippen LogP contribution in [0.5, 0.6) is 0 Å². The van der Waals surface area contributed by atoms with Crippen molar-refractivity contribution in [1.29, 1.82) is 0 Å². The molecule has 0 spiro atoms. The Labute approximate surface area is 201 Å². The van der Waals surface area contributed by atoms with E-state index in [9.17, 15) is 14.4 Å². The molecule has 33 heavy (non-hydrogen) atoms. The first kappa shape index (κ1) is 22.9. The average Bonchev–Trinajstić information content (AvgIpc) is 3.03. The maximum absolute atomic E-state index is 13.1. The van der Waals surface area contributed by atoms with Gasteiger partial charge in [0.05, 0.1) is 5.69 Å². The van der Waals surface area contributed by atoms with Gasteiger partial charge in [0.15, 0.2) is 0 Å². The topological polar surface area (TPSA) is 78.5 Å². The van der Waals surface area contributed by atoms with Gasteiger partial charge in [0.2, 0.25) is 5.91 Å². The van der Waals surface area contributed by atoms with Crippen molar-refractivity contribution in [2.45, 2.75) is 23.1 Å². The summed E-state index contributed by atoms with van der Waals surface area (Å²) in [4.78, 5) is 40.2. The van der Waals surface area contributed by atoms with Crippen molar-refractivity contribution >= 4 is 46.9 Å². The number of amides is 4. The van der Waals surface area contributed by atoms with Gasteiger partial charge in [0.25, 0.3) is 5.91 Å². The van der Waals surface area contributed by atoms with Crippen molar-refractivity contribution in [1.82, 2.24) is 10.2 Å². The number of benzene rings is 3. The van der Waals surface area contributed by atoms with Crippen molar-refractivity contribution < 1.29 is 14.4 Å². The Hall–Kier alpha value is -3.29. The maximum atomic E-state index is 13.1. The van der Waals surface area contributed by atoms with Crippen LogP contribution >= 0.6 is 23.4 Å². The second kappa shape index (κ2) is 9.68. The molecule has 1 heterocycles. The normalized spacial score (nSPS) is 17.7. The molecule has 0 saturated carbocycles. The second-order valence-electron chi connectivity index (χ2n) is 7.77. The lowest BCUT2D eigenvalue weighted by atomic mass is 9.92. The summed E-state index contributed by atoms with van der Waals surface area (Å²) in [5, 5.41) is 6.06. The maximum Gasteiger partial charge on any atom is 0.325 e. The molecule has 1 atom stereocenters. The van der Waals surface area contributed by atoms with Gasteiger partial charge in [-0.3, -0.25) is 14.5 Å². The molecule has 0 bridgehead atoms. The van der Waals surface area contributed by atoms with Crippen molar-refractivity contribution in [3.63, 3.8) is 0 Å². The first-order valence-electron chi connectivity index (χ1n) is 10.3. The van der Waals surface area contributed by atoms with E-state index in [1.165, 1.54) is 5.56 Å². The highest BCUT2D eigenvalue weighted by molar-refractivity contribution is 7.98. The average molecular weight is 480 g/mol. The van der Waals surface area contributed by atoms with Gasteiger partial charge in [0.1, 0.15) is 12.1 Å². The lowest BCUT2D eigenvalue weighted by Gasteiger charge is -2.22. The molecule has 1 saturated heterocycles. The van der Waals surface area contributed by atoms with Gasteiger partial charge < -0.3 is 10.6 Å². The largest absolute Gasteiger partial charge is 0.325 e. The quantitative estimate of drug-likeness (QED) is 0.367. The van der Waals surface area contributed by atoms with Crippen LogP contribution in [0.1, 0.15) is 18.1 Å². The summed E-state index contributed by atoms with van der Waals surface area (Å²) in [6.45, 7) is 1.23. The van der Waals surface area contributed by atoms with Crippen LogP contribution in [0.15, 0.2) is 83.8 Å². The number of imide groups is 1. The van der Waals surface area contributed by atoms with Crippen LogP contribution in [-0.4, -0.2) is 29.3 Å². The Balaban J connectivity index is 1.43. The Bertz CT molecular complexity index is 1190. The predicted molar refractivity (Wildman–Crippen MR) is 130 cm³/mol. The number of thioether (sulfide) groups is 1. The molecule has 0 aliphatic carbocycles. The van der Waals surface area contributed by atoms with E-state index in [4.69, 9.17) is 11.6 Å². The summed E-state index contributed by atoms with van der Waals surface area (Å²) in [5.74, 6) is -0.191. The highest BCUT2D eigenvalue weighted by atomic mass is 35.5. The molecule has 168 valence electrons. The summed E-state index contributed by atoms with van der Waals surface area (Å²) >= 11 is 7.53. The van der Waals surface area contributed by atoms with Gasteiger partial charge in [-0.25, -0.2) is 4.79 Å². The van der Waals surface area contributed by atoms with Crippen molar-refractivity contribution in [2.24, 2.45) is 0 Å². The molecule has 2 N–H and O–H groups in total. The third kappa shape index (κ3) is 5.05. The van der Waals surface area contributed by atoms with E-state index in [-0.39, 0.29) is 6.54 Å². The number of halogens is 1. The molecule has 0 radical (unpaired) electrons.